The molecule has 0 aliphatic carbocycles. The van der Waals surface area contributed by atoms with Gasteiger partial charge >= 0.3 is 6.01 Å². The maximum atomic E-state index is 12.1. The first-order valence-electron chi connectivity index (χ1n) is 6.13. The Labute approximate surface area is 129 Å². The molecule has 1 aromatic carbocycles. The lowest BCUT2D eigenvalue weighted by atomic mass is 10.3. The summed E-state index contributed by atoms with van der Waals surface area (Å²) in [6.07, 6.45) is 1.55. The zero-order chi connectivity index (χ0) is 15.5. The summed E-state index contributed by atoms with van der Waals surface area (Å²) in [4.78, 5) is 12.1. The smallest absolute Gasteiger partial charge is 0.361 e. The molecule has 3 rings (SSSR count). The van der Waals surface area contributed by atoms with E-state index in [9.17, 15) is 4.79 Å². The van der Waals surface area contributed by atoms with Gasteiger partial charge in [0.1, 0.15) is 5.75 Å². The number of hydrogen-bond acceptors (Lipinski definition) is 6. The van der Waals surface area contributed by atoms with Crippen molar-refractivity contribution in [2.45, 2.75) is 0 Å². The Kier molecular flexibility index (Phi) is 3.71. The third-order valence-corrected chi connectivity index (χ3v) is 2.92. The molecule has 0 saturated carbocycles. The molecule has 2 aromatic heterocycles. The molecule has 0 radical (unpaired) electrons. The van der Waals surface area contributed by atoms with E-state index in [-0.39, 0.29) is 16.7 Å². The first-order valence-corrected chi connectivity index (χ1v) is 6.51. The number of benzene rings is 1. The van der Waals surface area contributed by atoms with Crippen molar-refractivity contribution in [2.24, 2.45) is 7.05 Å². The van der Waals surface area contributed by atoms with E-state index in [0.717, 1.165) is 0 Å². The zero-order valence-corrected chi connectivity index (χ0v) is 12.1. The molecule has 112 valence electrons. The van der Waals surface area contributed by atoms with Gasteiger partial charge in [0, 0.05) is 18.9 Å². The Hall–Kier alpha value is -2.94. The maximum Gasteiger partial charge on any atom is 0.361 e. The van der Waals surface area contributed by atoms with E-state index in [0.29, 0.717) is 11.4 Å². The number of carbonyl (C=O) groups is 1. The minimum absolute atomic E-state index is 0.108. The average molecular weight is 320 g/mol. The average Bonchev–Trinajstić information content (AvgIpc) is 3.10. The fourth-order valence-electron chi connectivity index (χ4n) is 1.71. The fourth-order valence-corrected chi connectivity index (χ4v) is 1.98. The van der Waals surface area contributed by atoms with Gasteiger partial charge in [-0.15, -0.1) is 0 Å². The van der Waals surface area contributed by atoms with E-state index in [1.165, 1.54) is 4.68 Å². The first-order chi connectivity index (χ1) is 10.6. The normalized spacial score (nSPS) is 10.5. The zero-order valence-electron chi connectivity index (χ0n) is 11.3. The van der Waals surface area contributed by atoms with Crippen LogP contribution in [0.15, 0.2) is 30.5 Å². The number of aromatic amines is 1. The molecule has 0 fully saturated rings. The quantitative estimate of drug-likeness (QED) is 0.756. The molecule has 0 unspecified atom stereocenters. The molecular weight excluding hydrogens is 310 g/mol. The van der Waals surface area contributed by atoms with Crippen LogP contribution in [0.3, 0.4) is 0 Å². The molecule has 0 saturated heterocycles. The van der Waals surface area contributed by atoms with Crippen molar-refractivity contribution in [3.8, 4) is 11.8 Å². The number of nitrogens with one attached hydrogen (secondary N) is 2. The number of rotatable bonds is 4. The van der Waals surface area contributed by atoms with Gasteiger partial charge in [0.05, 0.1) is 5.02 Å². The number of nitrogens with zero attached hydrogens (tertiary/aromatic N) is 5. The van der Waals surface area contributed by atoms with E-state index in [4.69, 9.17) is 16.3 Å². The molecule has 2 N–H and O–H groups in total. The predicted octanol–water partition coefficient (Wildman–Crippen LogP) is 1.63. The van der Waals surface area contributed by atoms with Gasteiger partial charge < -0.3 is 10.1 Å². The second-order valence-corrected chi connectivity index (χ2v) is 4.68. The van der Waals surface area contributed by atoms with Crippen LogP contribution in [-0.4, -0.2) is 36.3 Å². The van der Waals surface area contributed by atoms with Crippen molar-refractivity contribution in [1.29, 1.82) is 0 Å². The number of halogens is 1. The molecule has 1 amide bonds. The largest absolute Gasteiger partial charge is 0.422 e. The summed E-state index contributed by atoms with van der Waals surface area (Å²) in [5.41, 5.74) is 0.739. The highest BCUT2D eigenvalue weighted by Crippen LogP contribution is 2.21. The molecule has 0 aliphatic rings. The molecule has 9 nitrogen and oxygen atoms in total. The van der Waals surface area contributed by atoms with Crippen molar-refractivity contribution in [3.63, 3.8) is 0 Å². The maximum absolute atomic E-state index is 12.1. The van der Waals surface area contributed by atoms with E-state index in [1.54, 1.807) is 37.5 Å². The fraction of sp³-hybridized carbons (Fsp3) is 0.0833. The molecule has 22 heavy (non-hydrogen) atoms. The molecule has 0 bridgehead atoms. The van der Waals surface area contributed by atoms with Crippen molar-refractivity contribution in [2.75, 3.05) is 5.32 Å². The SMILES string of the molecule is Cn1cc(Cl)c(C(=O)Nc2ccc(Oc3nn[nH]n3)cc2)n1. The highest BCUT2D eigenvalue weighted by atomic mass is 35.5. The van der Waals surface area contributed by atoms with Crippen molar-refractivity contribution < 1.29 is 9.53 Å². The first kappa shape index (κ1) is 14.0. The Morgan fingerprint density at radius 3 is 2.73 bits per heavy atom. The summed E-state index contributed by atoms with van der Waals surface area (Å²) >= 11 is 5.92. The molecule has 0 aliphatic heterocycles. The van der Waals surface area contributed by atoms with Crippen LogP contribution in [0.1, 0.15) is 10.5 Å². The Morgan fingerprint density at radius 1 is 1.36 bits per heavy atom. The van der Waals surface area contributed by atoms with Crippen LogP contribution in [0.4, 0.5) is 5.69 Å². The second kappa shape index (κ2) is 5.82. The number of H-pyrrole nitrogens is 1. The minimum Gasteiger partial charge on any atom is -0.422 e. The topological polar surface area (TPSA) is 111 Å². The minimum atomic E-state index is -0.391. The molecule has 2 heterocycles. The van der Waals surface area contributed by atoms with Gasteiger partial charge in [-0.3, -0.25) is 9.48 Å². The molecule has 3 aromatic rings. The summed E-state index contributed by atoms with van der Waals surface area (Å²) in [6, 6.07) is 6.77. The van der Waals surface area contributed by atoms with Crippen molar-refractivity contribution in [1.82, 2.24) is 30.4 Å². The Bertz CT molecular complexity index is 782. The molecule has 0 spiro atoms. The lowest BCUT2D eigenvalue weighted by molar-refractivity contribution is 0.102. The number of carbonyl (C=O) groups excluding carboxylic acids is 1. The summed E-state index contributed by atoms with van der Waals surface area (Å²) in [5, 5.41) is 20.0. The van der Waals surface area contributed by atoms with Crippen LogP contribution >= 0.6 is 11.6 Å². The number of aromatic nitrogens is 6. The van der Waals surface area contributed by atoms with E-state index in [2.05, 4.69) is 31.0 Å². The predicted molar refractivity (Wildman–Crippen MR) is 76.9 cm³/mol. The second-order valence-electron chi connectivity index (χ2n) is 4.27. The van der Waals surface area contributed by atoms with Crippen LogP contribution in [0.2, 0.25) is 5.02 Å². The number of amides is 1. The Balaban J connectivity index is 1.68. The summed E-state index contributed by atoms with van der Waals surface area (Å²) in [6.45, 7) is 0. The van der Waals surface area contributed by atoms with Gasteiger partial charge in [-0.1, -0.05) is 21.8 Å². The van der Waals surface area contributed by atoms with Crippen molar-refractivity contribution in [3.05, 3.63) is 41.2 Å². The summed E-state index contributed by atoms with van der Waals surface area (Å²) in [7, 11) is 1.69. The van der Waals surface area contributed by atoms with Gasteiger partial charge in [0.25, 0.3) is 5.91 Å². The highest BCUT2D eigenvalue weighted by molar-refractivity contribution is 6.34. The summed E-state index contributed by atoms with van der Waals surface area (Å²) in [5.74, 6) is 0.118. The third-order valence-electron chi connectivity index (χ3n) is 2.65. The highest BCUT2D eigenvalue weighted by Gasteiger charge is 2.14. The van der Waals surface area contributed by atoms with Gasteiger partial charge in [0.15, 0.2) is 5.69 Å². The lowest BCUT2D eigenvalue weighted by Crippen LogP contribution is -2.13. The molecule has 10 heteroatoms. The van der Waals surface area contributed by atoms with E-state index < -0.39 is 5.91 Å². The molecule has 0 atom stereocenters. The van der Waals surface area contributed by atoms with Gasteiger partial charge in [-0.2, -0.15) is 10.3 Å². The van der Waals surface area contributed by atoms with Crippen LogP contribution < -0.4 is 10.1 Å². The summed E-state index contributed by atoms with van der Waals surface area (Å²) < 4.78 is 6.79. The molecular formula is C12H10ClN7O2. The van der Waals surface area contributed by atoms with Crippen LogP contribution in [0, 0.1) is 0 Å². The van der Waals surface area contributed by atoms with Crippen molar-refractivity contribution >= 4 is 23.2 Å². The van der Waals surface area contributed by atoms with E-state index in [1.807, 2.05) is 0 Å². The number of tetrazole rings is 1. The van der Waals surface area contributed by atoms with Gasteiger partial charge in [-0.25, -0.2) is 0 Å². The third kappa shape index (κ3) is 3.04. The van der Waals surface area contributed by atoms with Crippen LogP contribution in [0.25, 0.3) is 0 Å². The number of hydrogen-bond donors (Lipinski definition) is 2. The van der Waals surface area contributed by atoms with Gasteiger partial charge in [0.2, 0.25) is 0 Å². The van der Waals surface area contributed by atoms with Crippen LogP contribution in [0.5, 0.6) is 11.8 Å². The van der Waals surface area contributed by atoms with E-state index >= 15 is 0 Å². The number of ether oxygens (including phenoxy) is 1. The van der Waals surface area contributed by atoms with Crippen LogP contribution in [-0.2, 0) is 7.05 Å². The standard InChI is InChI=1S/C12H10ClN7O2/c1-20-6-9(13)10(17-20)11(21)14-7-2-4-8(5-3-7)22-12-15-18-19-16-12/h2-6H,1H3,(H,14,21)(H,15,16,18,19). The van der Waals surface area contributed by atoms with Gasteiger partial charge in [-0.05, 0) is 29.5 Å². The monoisotopic (exact) mass is 319 g/mol. The number of aryl methyl sites for hydroxylation is 1. The number of anilines is 1. The lowest BCUT2D eigenvalue weighted by Gasteiger charge is -2.05. The Morgan fingerprint density at radius 2 is 2.14 bits per heavy atom.